The highest BCUT2D eigenvalue weighted by Gasteiger charge is 2.42. The van der Waals surface area contributed by atoms with Gasteiger partial charge in [-0.15, -0.1) is 0 Å². The Morgan fingerprint density at radius 1 is 1.38 bits per heavy atom. The molecule has 1 saturated carbocycles. The van der Waals surface area contributed by atoms with Gasteiger partial charge < -0.3 is 9.84 Å². The third-order valence-electron chi connectivity index (χ3n) is 5.17. The highest BCUT2D eigenvalue weighted by atomic mass is 19.1. The summed E-state index contributed by atoms with van der Waals surface area (Å²) in [6.07, 6.45) is 5.17. The molecule has 0 aromatic heterocycles. The maximum Gasteiger partial charge on any atom is 0.169 e. The Hall–Kier alpha value is -1.13. The lowest BCUT2D eigenvalue weighted by molar-refractivity contribution is -0.0969. The minimum absolute atomic E-state index is 0.260. The zero-order valence-corrected chi connectivity index (χ0v) is 12.6. The number of methoxy groups -OCH3 is 1. The number of halogens is 1. The standard InChI is InChI=1S/C17H24FNO2/c1-21-15-7-4-5-13(16(15)18)11-19-10-9-17(20)8-3-2-6-14(17)12-19/h4-5,7,14,20H,2-3,6,8-12H2,1H3. The van der Waals surface area contributed by atoms with Crippen molar-refractivity contribution in [2.45, 2.75) is 44.2 Å². The Balaban J connectivity index is 1.69. The van der Waals surface area contributed by atoms with Gasteiger partial charge in [0, 0.05) is 31.1 Å². The van der Waals surface area contributed by atoms with Crippen LogP contribution in [0, 0.1) is 11.7 Å². The number of hydrogen-bond acceptors (Lipinski definition) is 3. The van der Waals surface area contributed by atoms with Crippen LogP contribution in [0.15, 0.2) is 18.2 Å². The zero-order chi connectivity index (χ0) is 14.9. The molecule has 1 N–H and O–H groups in total. The molecule has 1 saturated heterocycles. The van der Waals surface area contributed by atoms with Crippen molar-refractivity contribution >= 4 is 0 Å². The number of benzene rings is 1. The van der Waals surface area contributed by atoms with E-state index in [1.54, 1.807) is 6.07 Å². The van der Waals surface area contributed by atoms with Crippen molar-refractivity contribution in [2.24, 2.45) is 5.92 Å². The van der Waals surface area contributed by atoms with E-state index in [0.29, 0.717) is 23.8 Å². The van der Waals surface area contributed by atoms with E-state index < -0.39 is 5.60 Å². The molecule has 0 spiro atoms. The Morgan fingerprint density at radius 2 is 2.24 bits per heavy atom. The van der Waals surface area contributed by atoms with Gasteiger partial charge in [0.1, 0.15) is 0 Å². The highest BCUT2D eigenvalue weighted by molar-refractivity contribution is 5.31. The lowest BCUT2D eigenvalue weighted by Gasteiger charge is -2.47. The number of fused-ring (bicyclic) bond motifs is 1. The Labute approximate surface area is 125 Å². The van der Waals surface area contributed by atoms with Crippen molar-refractivity contribution in [3.8, 4) is 5.75 Å². The fourth-order valence-electron chi connectivity index (χ4n) is 3.86. The second-order valence-corrected chi connectivity index (χ2v) is 6.46. The number of piperidine rings is 1. The van der Waals surface area contributed by atoms with Crippen LogP contribution in [0.3, 0.4) is 0 Å². The van der Waals surface area contributed by atoms with Crippen molar-refractivity contribution in [3.05, 3.63) is 29.6 Å². The normalized spacial score (nSPS) is 30.0. The molecule has 21 heavy (non-hydrogen) atoms. The minimum atomic E-state index is -0.471. The number of hydrogen-bond donors (Lipinski definition) is 1. The molecule has 1 aromatic carbocycles. The van der Waals surface area contributed by atoms with E-state index in [-0.39, 0.29) is 5.82 Å². The molecule has 1 aromatic rings. The van der Waals surface area contributed by atoms with Crippen LogP contribution in [0.4, 0.5) is 4.39 Å². The summed E-state index contributed by atoms with van der Waals surface area (Å²) in [6, 6.07) is 5.30. The highest BCUT2D eigenvalue weighted by Crippen LogP contribution is 2.40. The molecule has 3 nitrogen and oxygen atoms in total. The minimum Gasteiger partial charge on any atom is -0.494 e. The molecule has 1 aliphatic heterocycles. The Kier molecular flexibility index (Phi) is 4.18. The van der Waals surface area contributed by atoms with Crippen molar-refractivity contribution in [1.29, 1.82) is 0 Å². The van der Waals surface area contributed by atoms with Crippen LogP contribution in [0.5, 0.6) is 5.75 Å². The van der Waals surface area contributed by atoms with Gasteiger partial charge in [0.05, 0.1) is 12.7 Å². The first-order valence-electron chi connectivity index (χ1n) is 7.88. The van der Waals surface area contributed by atoms with Gasteiger partial charge in [-0.3, -0.25) is 4.90 Å². The van der Waals surface area contributed by atoms with Crippen LogP contribution in [0.2, 0.25) is 0 Å². The van der Waals surface area contributed by atoms with Crippen molar-refractivity contribution in [3.63, 3.8) is 0 Å². The number of rotatable bonds is 3. The monoisotopic (exact) mass is 293 g/mol. The van der Waals surface area contributed by atoms with Crippen LogP contribution < -0.4 is 4.74 Å². The first kappa shape index (κ1) is 14.8. The fourth-order valence-corrected chi connectivity index (χ4v) is 3.86. The molecule has 1 aliphatic carbocycles. The van der Waals surface area contributed by atoms with Crippen LogP contribution in [-0.2, 0) is 6.54 Å². The average molecular weight is 293 g/mol. The summed E-state index contributed by atoms with van der Waals surface area (Å²) >= 11 is 0. The molecule has 4 heteroatoms. The summed E-state index contributed by atoms with van der Waals surface area (Å²) in [5.41, 5.74) is 0.206. The van der Waals surface area contributed by atoms with E-state index in [1.807, 2.05) is 12.1 Å². The third-order valence-corrected chi connectivity index (χ3v) is 5.17. The lowest BCUT2D eigenvalue weighted by atomic mass is 9.71. The third kappa shape index (κ3) is 2.92. The van der Waals surface area contributed by atoms with E-state index in [1.165, 1.54) is 13.5 Å². The van der Waals surface area contributed by atoms with Gasteiger partial charge in [0.15, 0.2) is 11.6 Å². The number of likely N-dealkylation sites (tertiary alicyclic amines) is 1. The van der Waals surface area contributed by atoms with Crippen LogP contribution in [0.25, 0.3) is 0 Å². The molecule has 0 radical (unpaired) electrons. The molecule has 0 amide bonds. The second-order valence-electron chi connectivity index (χ2n) is 6.46. The summed E-state index contributed by atoms with van der Waals surface area (Å²) < 4.78 is 19.3. The van der Waals surface area contributed by atoms with Crippen molar-refractivity contribution in [1.82, 2.24) is 4.90 Å². The molecule has 116 valence electrons. The van der Waals surface area contributed by atoms with Crippen LogP contribution >= 0.6 is 0 Å². The van der Waals surface area contributed by atoms with Gasteiger partial charge in [0.25, 0.3) is 0 Å². The predicted molar refractivity (Wildman–Crippen MR) is 79.8 cm³/mol. The van der Waals surface area contributed by atoms with Crippen LogP contribution in [-0.4, -0.2) is 35.8 Å². The van der Waals surface area contributed by atoms with Gasteiger partial charge in [-0.05, 0) is 25.3 Å². The summed E-state index contributed by atoms with van der Waals surface area (Å²) in [5, 5.41) is 10.7. The molecule has 0 bridgehead atoms. The number of ether oxygens (including phenoxy) is 1. The zero-order valence-electron chi connectivity index (χ0n) is 12.6. The largest absolute Gasteiger partial charge is 0.494 e. The fraction of sp³-hybridized carbons (Fsp3) is 0.647. The molecule has 2 atom stereocenters. The molecular weight excluding hydrogens is 269 g/mol. The van der Waals surface area contributed by atoms with Gasteiger partial charge >= 0.3 is 0 Å². The average Bonchev–Trinajstić information content (AvgIpc) is 2.49. The first-order chi connectivity index (χ1) is 10.1. The van der Waals surface area contributed by atoms with Gasteiger partial charge in [-0.25, -0.2) is 4.39 Å². The van der Waals surface area contributed by atoms with Gasteiger partial charge in [0.2, 0.25) is 0 Å². The SMILES string of the molecule is COc1cccc(CN2CCC3(O)CCCCC3C2)c1F. The molecule has 1 heterocycles. The van der Waals surface area contributed by atoms with Crippen LogP contribution in [0.1, 0.15) is 37.7 Å². The maximum atomic E-state index is 14.2. The smallest absolute Gasteiger partial charge is 0.169 e. The molecule has 2 aliphatic rings. The van der Waals surface area contributed by atoms with Gasteiger partial charge in [-0.2, -0.15) is 0 Å². The molecule has 3 rings (SSSR count). The first-order valence-corrected chi connectivity index (χ1v) is 7.88. The lowest BCUT2D eigenvalue weighted by Crippen LogP contribution is -2.53. The quantitative estimate of drug-likeness (QED) is 0.930. The van der Waals surface area contributed by atoms with Gasteiger partial charge in [-0.1, -0.05) is 25.0 Å². The topological polar surface area (TPSA) is 32.7 Å². The number of aliphatic hydroxyl groups is 1. The molecule has 2 unspecified atom stereocenters. The maximum absolute atomic E-state index is 14.2. The van der Waals surface area contributed by atoms with E-state index in [2.05, 4.69) is 4.90 Å². The molecule has 2 fully saturated rings. The number of nitrogens with zero attached hydrogens (tertiary/aromatic N) is 1. The summed E-state index contributed by atoms with van der Waals surface area (Å²) in [4.78, 5) is 2.27. The Bertz CT molecular complexity index is 508. The van der Waals surface area contributed by atoms with E-state index >= 15 is 0 Å². The summed E-state index contributed by atoms with van der Waals surface area (Å²) in [5.74, 6) is 0.386. The summed E-state index contributed by atoms with van der Waals surface area (Å²) in [7, 11) is 1.49. The second kappa shape index (κ2) is 5.93. The van der Waals surface area contributed by atoms with Crippen molar-refractivity contribution in [2.75, 3.05) is 20.2 Å². The van der Waals surface area contributed by atoms with E-state index in [9.17, 15) is 9.50 Å². The Morgan fingerprint density at radius 3 is 3.05 bits per heavy atom. The molecular formula is C17H24FNO2. The van der Waals surface area contributed by atoms with E-state index in [4.69, 9.17) is 4.74 Å². The predicted octanol–water partition coefficient (Wildman–Crippen LogP) is 2.96. The van der Waals surface area contributed by atoms with E-state index in [0.717, 1.165) is 38.8 Å². The summed E-state index contributed by atoms with van der Waals surface area (Å²) in [6.45, 7) is 2.30. The van der Waals surface area contributed by atoms with Crippen molar-refractivity contribution < 1.29 is 14.2 Å².